The number of benzene rings is 2. The molecule has 11 heteroatoms. The Morgan fingerprint density at radius 2 is 1.75 bits per heavy atom. The highest BCUT2D eigenvalue weighted by Gasteiger charge is 2.31. The summed E-state index contributed by atoms with van der Waals surface area (Å²) in [5.41, 5.74) is 4.48. The van der Waals surface area contributed by atoms with Gasteiger partial charge in [-0.05, 0) is 68.8 Å². The van der Waals surface area contributed by atoms with E-state index in [4.69, 9.17) is 0 Å². The molecule has 8 nitrogen and oxygen atoms in total. The fraction of sp³-hybridized carbons (Fsp3) is 0.172. The topological polar surface area (TPSA) is 99.3 Å². The van der Waals surface area contributed by atoms with Crippen LogP contribution in [0.4, 0.5) is 46.5 Å². The van der Waals surface area contributed by atoms with Crippen LogP contribution in [0.2, 0.25) is 0 Å². The van der Waals surface area contributed by atoms with Gasteiger partial charge in [0.05, 0.1) is 35.4 Å². The molecule has 3 heterocycles. The minimum atomic E-state index is -4.56. The van der Waals surface area contributed by atoms with Crippen molar-refractivity contribution >= 4 is 40.5 Å². The highest BCUT2D eigenvalue weighted by molar-refractivity contribution is 6.07. The lowest BCUT2D eigenvalue weighted by Gasteiger charge is -2.32. The third-order valence-electron chi connectivity index (χ3n) is 6.59. The summed E-state index contributed by atoms with van der Waals surface area (Å²) < 4.78 is 39.2. The summed E-state index contributed by atoms with van der Waals surface area (Å²) in [6, 6.07) is 12.6. The predicted molar refractivity (Wildman–Crippen MR) is 147 cm³/mol. The van der Waals surface area contributed by atoms with Gasteiger partial charge in [-0.15, -0.1) is 0 Å². The number of rotatable bonds is 5. The molecular weight excluding hydrogens is 521 g/mol. The maximum Gasteiger partial charge on any atom is 0.416 e. The zero-order valence-corrected chi connectivity index (χ0v) is 21.8. The molecule has 40 heavy (non-hydrogen) atoms. The number of pyridine rings is 2. The van der Waals surface area contributed by atoms with Gasteiger partial charge in [0.1, 0.15) is 5.82 Å². The smallest absolute Gasteiger partial charge is 0.339 e. The van der Waals surface area contributed by atoms with Crippen LogP contribution in [0.5, 0.6) is 0 Å². The van der Waals surface area contributed by atoms with E-state index in [1.165, 1.54) is 17.0 Å². The van der Waals surface area contributed by atoms with Gasteiger partial charge in [0.2, 0.25) is 0 Å². The zero-order chi connectivity index (χ0) is 28.6. The zero-order valence-electron chi connectivity index (χ0n) is 21.8. The van der Waals surface area contributed by atoms with E-state index in [9.17, 15) is 22.8 Å². The third-order valence-corrected chi connectivity index (χ3v) is 6.59. The van der Waals surface area contributed by atoms with E-state index in [2.05, 4.69) is 25.9 Å². The third kappa shape index (κ3) is 5.44. The first-order valence-electron chi connectivity index (χ1n) is 12.4. The Hall–Kier alpha value is -4.93. The van der Waals surface area contributed by atoms with E-state index in [-0.39, 0.29) is 18.1 Å². The number of carbonyl (C=O) groups is 2. The molecule has 204 valence electrons. The molecule has 0 saturated carbocycles. The van der Waals surface area contributed by atoms with Gasteiger partial charge in [-0.2, -0.15) is 13.2 Å². The molecule has 2 aromatic carbocycles. The maximum atomic E-state index is 13.2. The molecule has 0 aliphatic carbocycles. The predicted octanol–water partition coefficient (Wildman–Crippen LogP) is 6.97. The van der Waals surface area contributed by atoms with Crippen molar-refractivity contribution in [2.45, 2.75) is 33.5 Å². The van der Waals surface area contributed by atoms with Crippen molar-refractivity contribution in [1.82, 2.24) is 9.97 Å². The number of nitrogens with zero attached hydrogens (tertiary/aromatic N) is 3. The Kier molecular flexibility index (Phi) is 6.88. The van der Waals surface area contributed by atoms with Crippen LogP contribution in [0.1, 0.15) is 38.3 Å². The van der Waals surface area contributed by atoms with Crippen molar-refractivity contribution in [3.63, 3.8) is 0 Å². The summed E-state index contributed by atoms with van der Waals surface area (Å²) in [6.45, 7) is 5.81. The van der Waals surface area contributed by atoms with E-state index in [0.717, 1.165) is 40.2 Å². The molecule has 1 aliphatic rings. The number of anilines is 5. The van der Waals surface area contributed by atoms with E-state index in [1.54, 1.807) is 30.6 Å². The summed E-state index contributed by atoms with van der Waals surface area (Å²) in [5.74, 6) is -0.105. The van der Waals surface area contributed by atoms with Crippen LogP contribution < -0.4 is 20.9 Å². The van der Waals surface area contributed by atoms with Gasteiger partial charge in [-0.1, -0.05) is 12.1 Å². The fourth-order valence-electron chi connectivity index (χ4n) is 4.39. The summed E-state index contributed by atoms with van der Waals surface area (Å²) in [6.07, 6.45) is -1.17. The Labute approximate surface area is 228 Å². The number of aryl methyl sites for hydroxylation is 2. The van der Waals surface area contributed by atoms with Crippen LogP contribution in [0.25, 0.3) is 0 Å². The molecule has 0 saturated heterocycles. The normalized spacial score (nSPS) is 12.9. The molecule has 0 bridgehead atoms. The summed E-state index contributed by atoms with van der Waals surface area (Å²) in [5, 5.41) is 8.80. The molecule has 4 aromatic rings. The van der Waals surface area contributed by atoms with Gasteiger partial charge >= 0.3 is 12.2 Å². The highest BCUT2D eigenvalue weighted by atomic mass is 19.4. The quantitative estimate of drug-likeness (QED) is 0.251. The molecule has 0 radical (unpaired) electrons. The van der Waals surface area contributed by atoms with Crippen LogP contribution in [0.15, 0.2) is 67.0 Å². The molecule has 0 atom stereocenters. The molecule has 0 spiro atoms. The Balaban J connectivity index is 1.37. The van der Waals surface area contributed by atoms with E-state index in [1.807, 2.05) is 32.9 Å². The molecule has 3 amide bonds. The maximum absolute atomic E-state index is 13.2. The molecule has 0 fully saturated rings. The molecule has 1 aliphatic heterocycles. The summed E-state index contributed by atoms with van der Waals surface area (Å²) in [7, 11) is 0. The van der Waals surface area contributed by atoms with Crippen LogP contribution in [0.3, 0.4) is 0 Å². The van der Waals surface area contributed by atoms with Crippen molar-refractivity contribution in [2.24, 2.45) is 0 Å². The lowest BCUT2D eigenvalue weighted by molar-refractivity contribution is -0.137. The minimum Gasteiger partial charge on any atom is -0.339 e. The second-order valence-electron chi connectivity index (χ2n) is 9.50. The van der Waals surface area contributed by atoms with Crippen molar-refractivity contribution < 1.29 is 22.8 Å². The van der Waals surface area contributed by atoms with Crippen molar-refractivity contribution in [2.75, 3.05) is 20.9 Å². The first-order chi connectivity index (χ1) is 19.0. The Morgan fingerprint density at radius 3 is 2.48 bits per heavy atom. The van der Waals surface area contributed by atoms with Crippen molar-refractivity contribution in [3.8, 4) is 0 Å². The number of amides is 3. The second-order valence-corrected chi connectivity index (χ2v) is 9.50. The first kappa shape index (κ1) is 26.7. The number of hydrogen-bond acceptors (Lipinski definition) is 5. The standard InChI is InChI=1S/C29H25F3N6O2/c1-16-7-9-22(36-27(39)19-5-4-6-21(11-19)29(30,31)32)12-24(16)38-15-20-13-34-26(18(3)25(20)37-28(38)40)35-23-10-8-17(2)33-14-23/h4-14H,15H2,1-3H3,(H,34,35)(H,36,39)(H,37,40). The lowest BCUT2D eigenvalue weighted by Crippen LogP contribution is -2.39. The summed E-state index contributed by atoms with van der Waals surface area (Å²) >= 11 is 0. The van der Waals surface area contributed by atoms with E-state index >= 15 is 0 Å². The monoisotopic (exact) mass is 546 g/mol. The van der Waals surface area contributed by atoms with Crippen molar-refractivity contribution in [3.05, 3.63) is 101 Å². The number of fused-ring (bicyclic) bond motifs is 1. The van der Waals surface area contributed by atoms with Gasteiger partial charge in [-0.3, -0.25) is 14.7 Å². The van der Waals surface area contributed by atoms with Gasteiger partial charge in [0.15, 0.2) is 0 Å². The number of alkyl halides is 3. The largest absolute Gasteiger partial charge is 0.416 e. The average molecular weight is 547 g/mol. The number of aromatic nitrogens is 2. The summed E-state index contributed by atoms with van der Waals surface area (Å²) in [4.78, 5) is 36.3. The van der Waals surface area contributed by atoms with Gasteiger partial charge < -0.3 is 16.0 Å². The lowest BCUT2D eigenvalue weighted by atomic mass is 10.1. The number of carbonyl (C=O) groups excluding carboxylic acids is 2. The first-order valence-corrected chi connectivity index (χ1v) is 12.4. The SMILES string of the molecule is Cc1ccc(Nc2ncc3c(c2C)NC(=O)N(c2cc(NC(=O)c4cccc(C(F)(F)F)c4)ccc2C)C3)cn1. The van der Waals surface area contributed by atoms with Gasteiger partial charge in [0, 0.05) is 34.3 Å². The van der Waals surface area contributed by atoms with Gasteiger partial charge in [0.25, 0.3) is 5.91 Å². The number of urea groups is 1. The highest BCUT2D eigenvalue weighted by Crippen LogP contribution is 2.35. The Bertz CT molecular complexity index is 1620. The molecular formula is C29H25F3N6O2. The molecule has 3 N–H and O–H groups in total. The van der Waals surface area contributed by atoms with E-state index < -0.39 is 17.6 Å². The fourth-order valence-corrected chi connectivity index (χ4v) is 4.39. The number of halogens is 3. The molecule has 0 unspecified atom stereocenters. The average Bonchev–Trinajstić information content (AvgIpc) is 2.92. The van der Waals surface area contributed by atoms with Crippen LogP contribution in [-0.4, -0.2) is 21.9 Å². The minimum absolute atomic E-state index is 0.131. The van der Waals surface area contributed by atoms with Crippen LogP contribution >= 0.6 is 0 Å². The second kappa shape index (κ2) is 10.3. The van der Waals surface area contributed by atoms with E-state index in [0.29, 0.717) is 22.9 Å². The van der Waals surface area contributed by atoms with Crippen LogP contribution in [0, 0.1) is 20.8 Å². The number of nitrogens with one attached hydrogen (secondary N) is 3. The van der Waals surface area contributed by atoms with Gasteiger partial charge in [-0.25, -0.2) is 9.78 Å². The van der Waals surface area contributed by atoms with Crippen LogP contribution in [-0.2, 0) is 12.7 Å². The Morgan fingerprint density at radius 1 is 0.975 bits per heavy atom. The molecule has 2 aromatic heterocycles. The molecule has 5 rings (SSSR count). The van der Waals surface area contributed by atoms with Crippen molar-refractivity contribution in [1.29, 1.82) is 0 Å². The number of hydrogen-bond donors (Lipinski definition) is 3.